The number of rotatable bonds is 5. The normalized spacial score (nSPS) is 10.3. The molecule has 20 heavy (non-hydrogen) atoms. The van der Waals surface area contributed by atoms with Crippen LogP contribution in [-0.4, -0.2) is 43.7 Å². The number of ether oxygens (including phenoxy) is 1. The Labute approximate surface area is 124 Å². The maximum Gasteiger partial charge on any atom is 0.263 e. The van der Waals surface area contributed by atoms with Crippen LogP contribution in [0.2, 0.25) is 0 Å². The number of hydrogen-bond donors (Lipinski definition) is 1. The van der Waals surface area contributed by atoms with Crippen LogP contribution in [0.5, 0.6) is 0 Å². The number of thiophene rings is 1. The molecular weight excluding hydrogens is 272 g/mol. The van der Waals surface area contributed by atoms with Crippen LogP contribution in [-0.2, 0) is 4.74 Å². The Kier molecular flexibility index (Phi) is 6.73. The topological polar surface area (TPSA) is 55.6 Å². The average Bonchev–Trinajstić information content (AvgIpc) is 2.76. The first-order valence-corrected chi connectivity index (χ1v) is 7.43. The third-order valence-corrected chi connectivity index (χ3v) is 3.80. The van der Waals surface area contributed by atoms with E-state index < -0.39 is 0 Å². The fraction of sp³-hybridized carbons (Fsp3) is 0.533. The van der Waals surface area contributed by atoms with Crippen molar-refractivity contribution >= 4 is 17.2 Å². The zero-order chi connectivity index (χ0) is 15.1. The maximum absolute atomic E-state index is 12.3. The molecule has 110 valence electrons. The fourth-order valence-electron chi connectivity index (χ4n) is 1.56. The van der Waals surface area contributed by atoms with Crippen LogP contribution >= 0.6 is 11.3 Å². The van der Waals surface area contributed by atoms with Crippen molar-refractivity contribution in [2.45, 2.75) is 26.9 Å². The number of carbonyl (C=O) groups is 1. The van der Waals surface area contributed by atoms with E-state index in [-0.39, 0.29) is 12.0 Å². The zero-order valence-electron chi connectivity index (χ0n) is 12.5. The number of nitrogens with two attached hydrogens (primary N) is 1. The van der Waals surface area contributed by atoms with Crippen molar-refractivity contribution in [1.82, 2.24) is 4.90 Å². The number of likely N-dealkylation sites (N-methyl/N-ethyl adjacent to an activating group) is 1. The minimum absolute atomic E-state index is 0.00579. The molecule has 0 fully saturated rings. The molecule has 1 heterocycles. The van der Waals surface area contributed by atoms with Crippen molar-refractivity contribution < 1.29 is 9.53 Å². The van der Waals surface area contributed by atoms with Gasteiger partial charge in [-0.3, -0.25) is 4.79 Å². The highest BCUT2D eigenvalue weighted by Gasteiger charge is 2.15. The van der Waals surface area contributed by atoms with Gasteiger partial charge in [0.05, 0.1) is 29.0 Å². The van der Waals surface area contributed by atoms with Crippen LogP contribution in [0.15, 0.2) is 6.07 Å². The van der Waals surface area contributed by atoms with Gasteiger partial charge in [0.15, 0.2) is 0 Å². The van der Waals surface area contributed by atoms with E-state index in [1.165, 1.54) is 11.3 Å². The lowest BCUT2D eigenvalue weighted by atomic mass is 10.2. The molecule has 0 radical (unpaired) electrons. The third-order valence-electron chi connectivity index (χ3n) is 2.66. The first-order valence-electron chi connectivity index (χ1n) is 6.62. The third kappa shape index (κ3) is 4.97. The summed E-state index contributed by atoms with van der Waals surface area (Å²) < 4.78 is 5.45. The number of aryl methyl sites for hydroxylation is 1. The highest BCUT2D eigenvalue weighted by atomic mass is 32.1. The molecule has 0 saturated carbocycles. The van der Waals surface area contributed by atoms with E-state index in [2.05, 4.69) is 11.8 Å². The quantitative estimate of drug-likeness (QED) is 0.843. The van der Waals surface area contributed by atoms with Crippen molar-refractivity contribution in [3.05, 3.63) is 21.4 Å². The molecule has 0 aliphatic rings. The molecule has 4 nitrogen and oxygen atoms in total. The summed E-state index contributed by atoms with van der Waals surface area (Å²) >= 11 is 1.41. The molecule has 0 aliphatic heterocycles. The molecule has 0 aromatic carbocycles. The predicted octanol–water partition coefficient (Wildman–Crippen LogP) is 1.86. The lowest BCUT2D eigenvalue weighted by Crippen LogP contribution is -2.30. The van der Waals surface area contributed by atoms with E-state index in [0.717, 1.165) is 10.4 Å². The van der Waals surface area contributed by atoms with E-state index in [1.54, 1.807) is 11.9 Å². The summed E-state index contributed by atoms with van der Waals surface area (Å²) in [5.41, 5.74) is 6.38. The highest BCUT2D eigenvalue weighted by molar-refractivity contribution is 7.14. The summed E-state index contributed by atoms with van der Waals surface area (Å²) in [4.78, 5) is 15.6. The van der Waals surface area contributed by atoms with Crippen LogP contribution in [0.3, 0.4) is 0 Å². The molecule has 1 rings (SSSR count). The second-order valence-electron chi connectivity index (χ2n) is 4.77. The molecule has 1 aromatic rings. The summed E-state index contributed by atoms with van der Waals surface area (Å²) in [5.74, 6) is 5.82. The molecule has 1 aromatic heterocycles. The van der Waals surface area contributed by atoms with E-state index >= 15 is 0 Å². The smallest absolute Gasteiger partial charge is 0.263 e. The minimum atomic E-state index is 0.00579. The van der Waals surface area contributed by atoms with Gasteiger partial charge in [-0.2, -0.15) is 0 Å². The van der Waals surface area contributed by atoms with E-state index in [1.807, 2.05) is 26.8 Å². The molecule has 0 unspecified atom stereocenters. The Morgan fingerprint density at radius 1 is 1.55 bits per heavy atom. The minimum Gasteiger partial charge on any atom is -0.377 e. The van der Waals surface area contributed by atoms with Gasteiger partial charge >= 0.3 is 0 Å². The van der Waals surface area contributed by atoms with Crippen molar-refractivity contribution in [1.29, 1.82) is 0 Å². The van der Waals surface area contributed by atoms with E-state index in [9.17, 15) is 4.79 Å². The fourth-order valence-corrected chi connectivity index (χ4v) is 2.60. The van der Waals surface area contributed by atoms with Crippen molar-refractivity contribution in [3.8, 4) is 11.8 Å². The van der Waals surface area contributed by atoms with Crippen LogP contribution in [0, 0.1) is 18.8 Å². The maximum atomic E-state index is 12.3. The van der Waals surface area contributed by atoms with Gasteiger partial charge in [0.25, 0.3) is 5.91 Å². The molecule has 0 atom stereocenters. The van der Waals surface area contributed by atoms with Crippen LogP contribution in [0.1, 0.15) is 34.0 Å². The Bertz CT molecular complexity index is 512. The summed E-state index contributed by atoms with van der Waals surface area (Å²) in [5, 5.41) is 0. The van der Waals surface area contributed by atoms with Crippen LogP contribution < -0.4 is 5.73 Å². The first-order chi connectivity index (χ1) is 9.45. The number of carbonyl (C=O) groups excluding carboxylic acids is 1. The lowest BCUT2D eigenvalue weighted by molar-refractivity contribution is 0.0534. The molecular formula is C15H22N2O2S. The van der Waals surface area contributed by atoms with Crippen molar-refractivity contribution in [2.24, 2.45) is 5.73 Å². The van der Waals surface area contributed by atoms with Crippen molar-refractivity contribution in [2.75, 3.05) is 26.7 Å². The first kappa shape index (κ1) is 16.7. The van der Waals surface area contributed by atoms with Gasteiger partial charge < -0.3 is 15.4 Å². The van der Waals surface area contributed by atoms with E-state index in [4.69, 9.17) is 10.5 Å². The monoisotopic (exact) mass is 294 g/mol. The molecule has 0 spiro atoms. The van der Waals surface area contributed by atoms with Gasteiger partial charge in [0.1, 0.15) is 0 Å². The lowest BCUT2D eigenvalue weighted by Gasteiger charge is -2.17. The van der Waals surface area contributed by atoms with Gasteiger partial charge in [0.2, 0.25) is 0 Å². The highest BCUT2D eigenvalue weighted by Crippen LogP contribution is 2.22. The standard InChI is InChI=1S/C15H22N2O2S/c1-11(2)19-9-8-17(4)15(18)14-10-12(3)13(20-14)6-5-7-16/h10-11H,7-9,16H2,1-4H3. The van der Waals surface area contributed by atoms with Crippen LogP contribution in [0.4, 0.5) is 0 Å². The second kappa shape index (κ2) is 8.05. The summed E-state index contributed by atoms with van der Waals surface area (Å²) in [7, 11) is 1.78. The van der Waals surface area contributed by atoms with Crippen molar-refractivity contribution in [3.63, 3.8) is 0 Å². The van der Waals surface area contributed by atoms with Gasteiger partial charge in [-0.05, 0) is 32.4 Å². The number of amides is 1. The van der Waals surface area contributed by atoms with Gasteiger partial charge in [-0.1, -0.05) is 11.8 Å². The molecule has 2 N–H and O–H groups in total. The Morgan fingerprint density at radius 3 is 2.85 bits per heavy atom. The van der Waals surface area contributed by atoms with Crippen LogP contribution in [0.25, 0.3) is 0 Å². The molecule has 1 amide bonds. The summed E-state index contributed by atoms with van der Waals surface area (Å²) in [6.07, 6.45) is 0.181. The Balaban J connectivity index is 2.67. The molecule has 0 bridgehead atoms. The number of nitrogens with zero attached hydrogens (tertiary/aromatic N) is 1. The summed E-state index contributed by atoms with van der Waals surface area (Å²) in [6.45, 7) is 7.37. The van der Waals surface area contributed by atoms with Gasteiger partial charge in [-0.15, -0.1) is 11.3 Å². The molecule has 5 heteroatoms. The van der Waals surface area contributed by atoms with E-state index in [0.29, 0.717) is 24.6 Å². The Morgan fingerprint density at radius 2 is 2.25 bits per heavy atom. The average molecular weight is 294 g/mol. The summed E-state index contributed by atoms with van der Waals surface area (Å²) in [6, 6.07) is 1.88. The zero-order valence-corrected chi connectivity index (χ0v) is 13.3. The van der Waals surface area contributed by atoms with Gasteiger partial charge in [-0.25, -0.2) is 0 Å². The predicted molar refractivity (Wildman–Crippen MR) is 83.0 cm³/mol. The Hall–Kier alpha value is -1.35. The van der Waals surface area contributed by atoms with Gasteiger partial charge in [0, 0.05) is 13.6 Å². The molecule has 0 saturated heterocycles. The number of hydrogen-bond acceptors (Lipinski definition) is 4. The second-order valence-corrected chi connectivity index (χ2v) is 5.83. The SMILES string of the molecule is Cc1cc(C(=O)N(C)CCOC(C)C)sc1C#CCN. The largest absolute Gasteiger partial charge is 0.377 e. The molecule has 0 aliphatic carbocycles.